The standard InChI is InChI=1S/C17H16F3N5O6S/c1-4-31-16(28)25(32(3,29)30)24-14(26)10-7-13(23-6-5-21-9(23)2)11(17(18,19)20)8-12(10)22-15(24)27/h5-8H,4H2,1-3H3,(H,22,27). The van der Waals surface area contributed by atoms with Gasteiger partial charge in [0.1, 0.15) is 5.82 Å². The topological polar surface area (TPSA) is 136 Å². The fourth-order valence-corrected chi connectivity index (χ4v) is 3.78. The number of aromatic amines is 1. The number of halogens is 3. The average molecular weight is 475 g/mol. The minimum atomic E-state index is -4.87. The molecule has 0 saturated carbocycles. The molecule has 2 heterocycles. The summed E-state index contributed by atoms with van der Waals surface area (Å²) in [6.45, 7) is 2.52. The number of fused-ring (bicyclic) bond motifs is 1. The van der Waals surface area contributed by atoms with Gasteiger partial charge >= 0.3 is 18.0 Å². The maximum Gasteiger partial charge on any atom is 0.444 e. The predicted molar refractivity (Wildman–Crippen MR) is 106 cm³/mol. The van der Waals surface area contributed by atoms with Crippen LogP contribution in [-0.2, 0) is 20.9 Å². The molecule has 2 aromatic heterocycles. The summed E-state index contributed by atoms with van der Waals surface area (Å²) in [5, 5.41) is -0.487. The molecular formula is C17H16F3N5O6S. The number of hydrogen-bond donors (Lipinski definition) is 1. The summed E-state index contributed by atoms with van der Waals surface area (Å²) in [5.41, 5.74) is -4.99. The number of aromatic nitrogens is 4. The van der Waals surface area contributed by atoms with Crippen LogP contribution in [0.5, 0.6) is 0 Å². The lowest BCUT2D eigenvalue weighted by Gasteiger charge is -2.21. The third kappa shape index (κ3) is 3.98. The van der Waals surface area contributed by atoms with Crippen molar-refractivity contribution in [2.45, 2.75) is 20.0 Å². The van der Waals surface area contributed by atoms with E-state index in [1.54, 1.807) is 0 Å². The third-order valence-corrected chi connectivity index (χ3v) is 5.24. The number of nitrogens with zero attached hydrogens (tertiary/aromatic N) is 4. The molecule has 3 aromatic rings. The minimum Gasteiger partial charge on any atom is -0.448 e. The lowest BCUT2D eigenvalue weighted by atomic mass is 10.1. The van der Waals surface area contributed by atoms with Gasteiger partial charge in [0.15, 0.2) is 0 Å². The summed E-state index contributed by atoms with van der Waals surface area (Å²) in [5.74, 6) is 0.170. The summed E-state index contributed by atoms with van der Waals surface area (Å²) in [4.78, 5) is 43.6. The molecule has 15 heteroatoms. The minimum absolute atomic E-state index is 0.0481. The number of hydrogen-bond acceptors (Lipinski definition) is 7. The van der Waals surface area contributed by atoms with Gasteiger partial charge in [0.05, 0.1) is 35.0 Å². The molecule has 1 aromatic carbocycles. The number of imidazole rings is 1. The van der Waals surface area contributed by atoms with Gasteiger partial charge in [-0.25, -0.2) is 23.0 Å². The fourth-order valence-electron chi connectivity index (χ4n) is 3.01. The predicted octanol–water partition coefficient (Wildman–Crippen LogP) is 1.26. The van der Waals surface area contributed by atoms with Crippen LogP contribution in [0.2, 0.25) is 0 Å². The van der Waals surface area contributed by atoms with Crippen molar-refractivity contribution >= 4 is 27.0 Å². The van der Waals surface area contributed by atoms with Gasteiger partial charge in [-0.2, -0.15) is 13.2 Å². The molecule has 0 fully saturated rings. The molecule has 0 atom stereocenters. The smallest absolute Gasteiger partial charge is 0.444 e. The molecule has 0 bridgehead atoms. The number of nitrogens with one attached hydrogen (secondary N) is 1. The van der Waals surface area contributed by atoms with Crippen LogP contribution in [0.4, 0.5) is 18.0 Å². The zero-order valence-electron chi connectivity index (χ0n) is 16.8. The number of aryl methyl sites for hydroxylation is 1. The van der Waals surface area contributed by atoms with Crippen molar-refractivity contribution in [3.63, 3.8) is 0 Å². The summed E-state index contributed by atoms with van der Waals surface area (Å²) in [6.07, 6.45) is -3.38. The molecule has 0 aliphatic rings. The van der Waals surface area contributed by atoms with Crippen molar-refractivity contribution in [2.24, 2.45) is 0 Å². The first-order valence-electron chi connectivity index (χ1n) is 8.85. The molecule has 0 unspecified atom stereocenters. The SMILES string of the molecule is CCOC(=O)N(n1c(=O)[nH]c2cc(C(F)(F)F)c(-n3ccnc3C)cc2c1=O)S(C)(=O)=O. The monoisotopic (exact) mass is 475 g/mol. The number of benzene rings is 1. The summed E-state index contributed by atoms with van der Waals surface area (Å²) in [6, 6.07) is 1.37. The highest BCUT2D eigenvalue weighted by Crippen LogP contribution is 2.35. The van der Waals surface area contributed by atoms with Crippen LogP contribution in [0.15, 0.2) is 34.1 Å². The largest absolute Gasteiger partial charge is 0.448 e. The van der Waals surface area contributed by atoms with Gasteiger partial charge in [0, 0.05) is 12.4 Å². The Bertz CT molecular complexity index is 1440. The molecule has 11 nitrogen and oxygen atoms in total. The summed E-state index contributed by atoms with van der Waals surface area (Å²) >= 11 is 0. The lowest BCUT2D eigenvalue weighted by Crippen LogP contribution is -2.56. The van der Waals surface area contributed by atoms with Crippen LogP contribution in [-0.4, -0.2) is 46.6 Å². The van der Waals surface area contributed by atoms with E-state index in [0.717, 1.165) is 10.6 Å². The van der Waals surface area contributed by atoms with Crippen molar-refractivity contribution in [1.82, 2.24) is 19.2 Å². The van der Waals surface area contributed by atoms with Gasteiger partial charge in [-0.05, 0) is 26.0 Å². The Morgan fingerprint density at radius 1 is 1.28 bits per heavy atom. The Morgan fingerprint density at radius 2 is 1.94 bits per heavy atom. The number of ether oxygens (including phenoxy) is 1. The number of alkyl halides is 3. The number of amides is 1. The number of rotatable bonds is 4. The molecule has 0 saturated heterocycles. The molecule has 172 valence electrons. The van der Waals surface area contributed by atoms with Crippen LogP contribution >= 0.6 is 0 Å². The van der Waals surface area contributed by atoms with Gasteiger partial charge in [0.25, 0.3) is 15.6 Å². The molecule has 0 radical (unpaired) electrons. The molecule has 0 aliphatic heterocycles. The van der Waals surface area contributed by atoms with Crippen molar-refractivity contribution in [3.8, 4) is 5.69 Å². The van der Waals surface area contributed by atoms with E-state index < -0.39 is 55.7 Å². The van der Waals surface area contributed by atoms with Crippen molar-refractivity contribution in [1.29, 1.82) is 0 Å². The molecule has 1 amide bonds. The highest BCUT2D eigenvalue weighted by Gasteiger charge is 2.36. The zero-order chi connectivity index (χ0) is 24.0. The molecule has 0 spiro atoms. The molecule has 3 rings (SSSR count). The zero-order valence-corrected chi connectivity index (χ0v) is 17.6. The van der Waals surface area contributed by atoms with Gasteiger partial charge in [0.2, 0.25) is 0 Å². The fraction of sp³-hybridized carbons (Fsp3) is 0.294. The van der Waals surface area contributed by atoms with Crippen LogP contribution in [0, 0.1) is 6.92 Å². The van der Waals surface area contributed by atoms with E-state index in [4.69, 9.17) is 0 Å². The van der Waals surface area contributed by atoms with Gasteiger partial charge in [-0.1, -0.05) is 4.41 Å². The lowest BCUT2D eigenvalue weighted by molar-refractivity contribution is -0.137. The van der Waals surface area contributed by atoms with E-state index >= 15 is 0 Å². The highest BCUT2D eigenvalue weighted by atomic mass is 32.2. The first kappa shape index (κ1) is 23.1. The quantitative estimate of drug-likeness (QED) is 0.600. The van der Waals surface area contributed by atoms with Crippen molar-refractivity contribution in [2.75, 3.05) is 17.3 Å². The average Bonchev–Trinajstić information content (AvgIpc) is 3.08. The van der Waals surface area contributed by atoms with Crippen LogP contribution in [0.1, 0.15) is 18.3 Å². The van der Waals surface area contributed by atoms with E-state index in [1.165, 1.54) is 26.2 Å². The maximum atomic E-state index is 13.7. The van der Waals surface area contributed by atoms with E-state index in [1.807, 2.05) is 4.98 Å². The Morgan fingerprint density at radius 3 is 2.44 bits per heavy atom. The van der Waals surface area contributed by atoms with E-state index in [-0.39, 0.29) is 21.5 Å². The summed E-state index contributed by atoms with van der Waals surface area (Å²) in [7, 11) is -4.54. The molecule has 32 heavy (non-hydrogen) atoms. The molecule has 1 N–H and O–H groups in total. The van der Waals surface area contributed by atoms with Crippen molar-refractivity contribution in [3.05, 3.63) is 56.8 Å². The Balaban J connectivity index is 2.44. The number of H-pyrrole nitrogens is 1. The second kappa shape index (κ2) is 7.81. The Kier molecular flexibility index (Phi) is 5.63. The van der Waals surface area contributed by atoms with Gasteiger partial charge in [-0.3, -0.25) is 4.79 Å². The van der Waals surface area contributed by atoms with Crippen molar-refractivity contribution < 1.29 is 31.1 Å². The van der Waals surface area contributed by atoms with Gasteiger partial charge < -0.3 is 14.3 Å². The highest BCUT2D eigenvalue weighted by molar-refractivity contribution is 7.92. The number of carbonyl (C=O) groups is 1. The van der Waals surface area contributed by atoms with E-state index in [0.29, 0.717) is 12.3 Å². The molecule has 0 aliphatic carbocycles. The van der Waals surface area contributed by atoms with Crippen LogP contribution in [0.25, 0.3) is 16.6 Å². The number of sulfonamides is 1. The number of carbonyl (C=O) groups excluding carboxylic acids is 1. The second-order valence-electron chi connectivity index (χ2n) is 6.51. The Labute approximate surface area is 177 Å². The molecular weight excluding hydrogens is 459 g/mol. The van der Waals surface area contributed by atoms with Gasteiger partial charge in [-0.15, -0.1) is 4.68 Å². The van der Waals surface area contributed by atoms with Crippen LogP contribution < -0.4 is 15.7 Å². The summed E-state index contributed by atoms with van der Waals surface area (Å²) < 4.78 is 70.8. The normalized spacial score (nSPS) is 12.2. The first-order chi connectivity index (χ1) is 14.8. The first-order valence-corrected chi connectivity index (χ1v) is 10.7. The van der Waals surface area contributed by atoms with E-state index in [2.05, 4.69) is 9.72 Å². The third-order valence-electron chi connectivity index (χ3n) is 4.30. The van der Waals surface area contributed by atoms with E-state index in [9.17, 15) is 36.0 Å². The second-order valence-corrected chi connectivity index (χ2v) is 8.32. The maximum absolute atomic E-state index is 13.7. The van der Waals surface area contributed by atoms with Crippen LogP contribution in [0.3, 0.4) is 0 Å². The Hall–Kier alpha value is -3.62.